The molecule has 0 amide bonds. The second-order valence-electron chi connectivity index (χ2n) is 6.77. The van der Waals surface area contributed by atoms with Crippen molar-refractivity contribution in [1.82, 2.24) is 9.47 Å². The van der Waals surface area contributed by atoms with Gasteiger partial charge in [-0.3, -0.25) is 4.90 Å². The summed E-state index contributed by atoms with van der Waals surface area (Å²) in [5.74, 6) is -3.38. The molecule has 2 nitrogen and oxygen atoms in total. The molecule has 0 spiro atoms. The Morgan fingerprint density at radius 2 is 1.59 bits per heavy atom. The van der Waals surface area contributed by atoms with Crippen LogP contribution >= 0.6 is 0 Å². The van der Waals surface area contributed by atoms with Gasteiger partial charge in [0, 0.05) is 43.2 Å². The van der Waals surface area contributed by atoms with Gasteiger partial charge in [-0.05, 0) is 42.3 Å². The average Bonchev–Trinajstić information content (AvgIpc) is 3.03. The van der Waals surface area contributed by atoms with E-state index in [1.54, 1.807) is 12.1 Å². The molecule has 1 aliphatic rings. The first-order valence-corrected chi connectivity index (χ1v) is 8.81. The lowest BCUT2D eigenvalue weighted by molar-refractivity contribution is 0.215. The van der Waals surface area contributed by atoms with Crippen molar-refractivity contribution in [3.8, 4) is 0 Å². The van der Waals surface area contributed by atoms with Crippen LogP contribution in [0.1, 0.15) is 29.3 Å². The van der Waals surface area contributed by atoms with Gasteiger partial charge in [0.1, 0.15) is 11.6 Å². The average molecular weight is 374 g/mol. The summed E-state index contributed by atoms with van der Waals surface area (Å²) < 4.78 is 57.2. The van der Waals surface area contributed by atoms with E-state index in [2.05, 4.69) is 0 Å². The van der Waals surface area contributed by atoms with E-state index in [0.29, 0.717) is 19.2 Å². The van der Waals surface area contributed by atoms with Gasteiger partial charge in [0.05, 0.1) is 6.04 Å². The molecule has 0 bridgehead atoms. The van der Waals surface area contributed by atoms with Gasteiger partial charge in [-0.1, -0.05) is 12.1 Å². The lowest BCUT2D eigenvalue weighted by Crippen LogP contribution is -2.30. The summed E-state index contributed by atoms with van der Waals surface area (Å²) in [5.41, 5.74) is 1.78. The van der Waals surface area contributed by atoms with Crippen LogP contribution in [0.5, 0.6) is 0 Å². The summed E-state index contributed by atoms with van der Waals surface area (Å²) in [4.78, 5) is 2.02. The lowest BCUT2D eigenvalue weighted by atomic mass is 10.00. The van der Waals surface area contributed by atoms with Crippen molar-refractivity contribution in [2.75, 3.05) is 6.54 Å². The molecule has 140 valence electrons. The fourth-order valence-corrected chi connectivity index (χ4v) is 3.74. The number of aryl methyl sites for hydroxylation is 1. The third kappa shape index (κ3) is 3.49. The number of aromatic nitrogens is 1. The van der Waals surface area contributed by atoms with Crippen molar-refractivity contribution in [3.63, 3.8) is 0 Å². The molecule has 1 aliphatic heterocycles. The SMILES string of the molecule is Fc1ccc(CN2CCCn3cccc3[C@@H]2c2cc(F)c(F)cc2F)cc1. The fourth-order valence-electron chi connectivity index (χ4n) is 3.74. The first kappa shape index (κ1) is 17.8. The predicted octanol–water partition coefficient (Wildman–Crippen LogP) is 5.04. The van der Waals surface area contributed by atoms with Gasteiger partial charge >= 0.3 is 0 Å². The molecule has 0 fully saturated rings. The van der Waals surface area contributed by atoms with Crippen LogP contribution in [0, 0.1) is 23.3 Å². The molecule has 1 atom stereocenters. The first-order valence-electron chi connectivity index (χ1n) is 8.81. The van der Waals surface area contributed by atoms with E-state index in [4.69, 9.17) is 0 Å². The number of hydrogen-bond acceptors (Lipinski definition) is 1. The quantitative estimate of drug-likeness (QED) is 0.461. The van der Waals surface area contributed by atoms with E-state index in [-0.39, 0.29) is 11.4 Å². The Labute approximate surface area is 154 Å². The predicted molar refractivity (Wildman–Crippen MR) is 94.0 cm³/mol. The summed E-state index contributed by atoms with van der Waals surface area (Å²) in [6, 6.07) is 10.8. The zero-order valence-corrected chi connectivity index (χ0v) is 14.5. The molecule has 0 N–H and O–H groups in total. The highest BCUT2D eigenvalue weighted by atomic mass is 19.2. The van der Waals surface area contributed by atoms with Crippen molar-refractivity contribution < 1.29 is 17.6 Å². The van der Waals surface area contributed by atoms with Crippen LogP contribution in [0.25, 0.3) is 0 Å². The summed E-state index contributed by atoms with van der Waals surface area (Å²) >= 11 is 0. The molecular formula is C21H18F4N2. The standard InChI is InChI=1S/C21H18F4N2/c22-15-6-4-14(5-7-15)13-27-10-2-9-26-8-1-3-20(26)21(27)16-11-18(24)19(25)12-17(16)23/h1,3-8,11-12,21H,2,9-10,13H2/t21-/m0/s1. The molecule has 1 aromatic heterocycles. The molecule has 0 saturated heterocycles. The van der Waals surface area contributed by atoms with Crippen LogP contribution in [-0.4, -0.2) is 16.0 Å². The van der Waals surface area contributed by atoms with Gasteiger partial charge in [-0.15, -0.1) is 0 Å². The summed E-state index contributed by atoms with van der Waals surface area (Å²) in [5, 5.41) is 0. The monoisotopic (exact) mass is 374 g/mol. The van der Waals surface area contributed by atoms with Crippen molar-refractivity contribution in [2.45, 2.75) is 25.6 Å². The van der Waals surface area contributed by atoms with Crippen LogP contribution in [0.4, 0.5) is 17.6 Å². The summed E-state index contributed by atoms with van der Waals surface area (Å²) in [6.07, 6.45) is 2.73. The van der Waals surface area contributed by atoms with E-state index in [1.807, 2.05) is 27.8 Å². The highest BCUT2D eigenvalue weighted by Gasteiger charge is 2.30. The zero-order chi connectivity index (χ0) is 19.0. The number of nitrogens with zero attached hydrogens (tertiary/aromatic N) is 2. The number of fused-ring (bicyclic) bond motifs is 1. The Hall–Kier alpha value is -2.60. The van der Waals surface area contributed by atoms with Gasteiger partial charge in [0.15, 0.2) is 11.6 Å². The molecule has 3 aromatic rings. The Morgan fingerprint density at radius 3 is 2.37 bits per heavy atom. The largest absolute Gasteiger partial charge is 0.350 e. The number of halogens is 4. The van der Waals surface area contributed by atoms with Crippen LogP contribution < -0.4 is 0 Å². The van der Waals surface area contributed by atoms with Gasteiger partial charge in [0.2, 0.25) is 0 Å². The smallest absolute Gasteiger partial charge is 0.161 e. The molecule has 0 aliphatic carbocycles. The molecule has 2 aromatic carbocycles. The molecular weight excluding hydrogens is 356 g/mol. The first-order chi connectivity index (χ1) is 13.0. The maximum Gasteiger partial charge on any atom is 0.161 e. The Bertz CT molecular complexity index is 949. The van der Waals surface area contributed by atoms with E-state index < -0.39 is 23.5 Å². The zero-order valence-electron chi connectivity index (χ0n) is 14.5. The van der Waals surface area contributed by atoms with Crippen molar-refractivity contribution in [3.05, 3.63) is 94.8 Å². The van der Waals surface area contributed by atoms with Gasteiger partial charge in [-0.2, -0.15) is 0 Å². The van der Waals surface area contributed by atoms with Gasteiger partial charge in [0.25, 0.3) is 0 Å². The van der Waals surface area contributed by atoms with E-state index in [9.17, 15) is 17.6 Å². The lowest BCUT2D eigenvalue weighted by Gasteiger charge is -2.31. The maximum absolute atomic E-state index is 14.6. The van der Waals surface area contributed by atoms with Crippen LogP contribution in [0.15, 0.2) is 54.7 Å². The van der Waals surface area contributed by atoms with Crippen LogP contribution in [-0.2, 0) is 13.1 Å². The number of rotatable bonds is 3. The van der Waals surface area contributed by atoms with Crippen molar-refractivity contribution >= 4 is 0 Å². The van der Waals surface area contributed by atoms with Crippen LogP contribution in [0.2, 0.25) is 0 Å². The van der Waals surface area contributed by atoms with Crippen LogP contribution in [0.3, 0.4) is 0 Å². The summed E-state index contributed by atoms with van der Waals surface area (Å²) in [7, 11) is 0. The Kier molecular flexibility index (Phi) is 4.74. The Morgan fingerprint density at radius 1 is 0.852 bits per heavy atom. The minimum atomic E-state index is -1.20. The Balaban J connectivity index is 1.79. The third-order valence-corrected chi connectivity index (χ3v) is 4.99. The minimum Gasteiger partial charge on any atom is -0.350 e. The van der Waals surface area contributed by atoms with E-state index in [1.165, 1.54) is 12.1 Å². The highest BCUT2D eigenvalue weighted by molar-refractivity contribution is 5.32. The second-order valence-corrected chi connectivity index (χ2v) is 6.77. The van der Waals surface area contributed by atoms with Crippen molar-refractivity contribution in [1.29, 1.82) is 0 Å². The van der Waals surface area contributed by atoms with E-state index in [0.717, 1.165) is 30.3 Å². The minimum absolute atomic E-state index is 0.0952. The molecule has 0 saturated carbocycles. The normalized spacial score (nSPS) is 17.6. The molecule has 2 heterocycles. The molecule has 27 heavy (non-hydrogen) atoms. The second kappa shape index (κ2) is 7.19. The molecule has 0 unspecified atom stereocenters. The topological polar surface area (TPSA) is 8.17 Å². The fraction of sp³-hybridized carbons (Fsp3) is 0.238. The number of hydrogen-bond donors (Lipinski definition) is 0. The molecule has 4 rings (SSSR count). The summed E-state index contributed by atoms with van der Waals surface area (Å²) in [6.45, 7) is 1.83. The van der Waals surface area contributed by atoms with Gasteiger partial charge < -0.3 is 4.57 Å². The third-order valence-electron chi connectivity index (χ3n) is 4.99. The molecule has 6 heteroatoms. The highest BCUT2D eigenvalue weighted by Crippen LogP contribution is 2.35. The maximum atomic E-state index is 14.6. The molecule has 0 radical (unpaired) electrons. The van der Waals surface area contributed by atoms with E-state index >= 15 is 0 Å². The number of benzene rings is 2. The van der Waals surface area contributed by atoms with Gasteiger partial charge in [-0.25, -0.2) is 17.6 Å². The van der Waals surface area contributed by atoms with Crippen molar-refractivity contribution in [2.24, 2.45) is 0 Å².